The molecule has 2 heteroatoms. The van der Waals surface area contributed by atoms with E-state index in [9.17, 15) is 0 Å². The fraction of sp³-hybridized carbons (Fsp3) is 0.500. The van der Waals surface area contributed by atoms with Crippen LogP contribution in [0.15, 0.2) is 12.7 Å². The van der Waals surface area contributed by atoms with E-state index in [0.29, 0.717) is 0 Å². The number of hydrogen-bond acceptors (Lipinski definition) is 2. The lowest BCUT2D eigenvalue weighted by atomic mass is 10.4. The monoisotopic (exact) mass is 110 g/mol. The van der Waals surface area contributed by atoms with Crippen LogP contribution in [-0.4, -0.2) is 18.5 Å². The summed E-state index contributed by atoms with van der Waals surface area (Å²) in [6, 6.07) is 0. The van der Waals surface area contributed by atoms with Gasteiger partial charge >= 0.3 is 0 Å². The zero-order chi connectivity index (χ0) is 6.41. The molecule has 0 N–H and O–H groups in total. The molecule has 0 aliphatic carbocycles. The van der Waals surface area contributed by atoms with Crippen LogP contribution in [0.4, 0.5) is 0 Å². The number of nitriles is 1. The van der Waals surface area contributed by atoms with Gasteiger partial charge in [0.15, 0.2) is 6.19 Å². The highest BCUT2D eigenvalue weighted by Crippen LogP contribution is 1.82. The Hall–Kier alpha value is -0.970. The predicted molar refractivity (Wildman–Crippen MR) is 33.1 cm³/mol. The summed E-state index contributed by atoms with van der Waals surface area (Å²) >= 11 is 0. The molecule has 0 aromatic carbocycles. The zero-order valence-electron chi connectivity index (χ0n) is 5.09. The van der Waals surface area contributed by atoms with E-state index < -0.39 is 0 Å². The first-order valence-corrected chi connectivity index (χ1v) is 2.53. The zero-order valence-corrected chi connectivity index (χ0v) is 5.09. The van der Waals surface area contributed by atoms with Gasteiger partial charge in [-0.25, -0.2) is 0 Å². The summed E-state index contributed by atoms with van der Waals surface area (Å²) in [6.07, 6.45) is 4.66. The highest BCUT2D eigenvalue weighted by Gasteiger charge is 1.86. The lowest BCUT2D eigenvalue weighted by Crippen LogP contribution is -2.11. The average molecular weight is 110 g/mol. The Balaban J connectivity index is 3.14. The Morgan fingerprint density at radius 3 is 2.88 bits per heavy atom. The van der Waals surface area contributed by atoms with E-state index >= 15 is 0 Å². The molecule has 0 unspecified atom stereocenters. The molecule has 0 bridgehead atoms. The van der Waals surface area contributed by atoms with E-state index in [4.69, 9.17) is 5.26 Å². The molecule has 44 valence electrons. The molecule has 0 saturated heterocycles. The number of nitrogens with zero attached hydrogens (tertiary/aromatic N) is 2. The van der Waals surface area contributed by atoms with Crippen molar-refractivity contribution < 1.29 is 0 Å². The van der Waals surface area contributed by atoms with Crippen LogP contribution in [0.25, 0.3) is 0 Å². The van der Waals surface area contributed by atoms with Gasteiger partial charge in [-0.15, -0.1) is 6.58 Å². The normalized spacial score (nSPS) is 7.50. The SMILES string of the molecule is C=CCCN(C)C#N. The minimum Gasteiger partial charge on any atom is -0.313 e. The van der Waals surface area contributed by atoms with Gasteiger partial charge in [-0.2, -0.15) is 5.26 Å². The second kappa shape index (κ2) is 4.20. The molecule has 0 spiro atoms. The molecule has 0 rings (SSSR count). The molecule has 0 aromatic rings. The summed E-state index contributed by atoms with van der Waals surface area (Å²) in [5.74, 6) is 0. The van der Waals surface area contributed by atoms with Crippen LogP contribution in [0, 0.1) is 11.5 Å². The van der Waals surface area contributed by atoms with Crippen molar-refractivity contribution in [2.45, 2.75) is 6.42 Å². The maximum atomic E-state index is 8.20. The van der Waals surface area contributed by atoms with Crippen LogP contribution in [-0.2, 0) is 0 Å². The van der Waals surface area contributed by atoms with Crippen molar-refractivity contribution in [1.29, 1.82) is 5.26 Å². The largest absolute Gasteiger partial charge is 0.313 e. The second-order valence-corrected chi connectivity index (χ2v) is 1.60. The summed E-state index contributed by atoms with van der Waals surface area (Å²) in [6.45, 7) is 4.31. The maximum Gasteiger partial charge on any atom is 0.179 e. The highest BCUT2D eigenvalue weighted by atomic mass is 15.1. The number of rotatable bonds is 3. The van der Waals surface area contributed by atoms with E-state index in [0.717, 1.165) is 13.0 Å². The van der Waals surface area contributed by atoms with Gasteiger partial charge in [0.05, 0.1) is 0 Å². The number of hydrogen-bond donors (Lipinski definition) is 0. The standard InChI is InChI=1S/C6H10N2/c1-3-4-5-8(2)6-7/h3H,1,4-5H2,2H3. The molecule has 8 heavy (non-hydrogen) atoms. The van der Waals surface area contributed by atoms with Crippen LogP contribution in [0.2, 0.25) is 0 Å². The van der Waals surface area contributed by atoms with Gasteiger partial charge in [-0.05, 0) is 6.42 Å². The Bertz CT molecular complexity index is 102. The van der Waals surface area contributed by atoms with Crippen LogP contribution in [0.1, 0.15) is 6.42 Å². The third-order valence-corrected chi connectivity index (χ3v) is 0.839. The molecular weight excluding hydrogens is 100 g/mol. The molecule has 0 amide bonds. The summed E-state index contributed by atoms with van der Waals surface area (Å²) in [5, 5.41) is 8.20. The predicted octanol–water partition coefficient (Wildman–Crippen LogP) is 0.975. The van der Waals surface area contributed by atoms with E-state index in [1.165, 1.54) is 0 Å². The average Bonchev–Trinajstić information content (AvgIpc) is 1.83. The Morgan fingerprint density at radius 1 is 1.88 bits per heavy atom. The molecule has 0 fully saturated rings. The van der Waals surface area contributed by atoms with Gasteiger partial charge in [0.1, 0.15) is 0 Å². The lowest BCUT2D eigenvalue weighted by molar-refractivity contribution is 0.483. The molecule has 2 nitrogen and oxygen atoms in total. The molecule has 0 aromatic heterocycles. The topological polar surface area (TPSA) is 27.0 Å². The maximum absolute atomic E-state index is 8.20. The van der Waals surface area contributed by atoms with Crippen molar-refractivity contribution in [1.82, 2.24) is 4.90 Å². The van der Waals surface area contributed by atoms with Crippen LogP contribution >= 0.6 is 0 Å². The lowest BCUT2D eigenvalue weighted by Gasteiger charge is -2.03. The van der Waals surface area contributed by atoms with Crippen molar-refractivity contribution in [3.05, 3.63) is 12.7 Å². The smallest absolute Gasteiger partial charge is 0.179 e. The fourth-order valence-corrected chi connectivity index (χ4v) is 0.335. The van der Waals surface area contributed by atoms with Gasteiger partial charge in [0.2, 0.25) is 0 Å². The molecule has 0 radical (unpaired) electrons. The van der Waals surface area contributed by atoms with Crippen LogP contribution in [0.5, 0.6) is 0 Å². The highest BCUT2D eigenvalue weighted by molar-refractivity contribution is 4.74. The molecule has 0 aliphatic heterocycles. The van der Waals surface area contributed by atoms with Crippen molar-refractivity contribution in [2.24, 2.45) is 0 Å². The second-order valence-electron chi connectivity index (χ2n) is 1.60. The molecule has 0 aliphatic rings. The van der Waals surface area contributed by atoms with Gasteiger partial charge in [0, 0.05) is 13.6 Å². The quantitative estimate of drug-likeness (QED) is 0.307. The summed E-state index contributed by atoms with van der Waals surface area (Å²) in [7, 11) is 1.75. The first-order chi connectivity index (χ1) is 3.81. The summed E-state index contributed by atoms with van der Waals surface area (Å²) in [5.41, 5.74) is 0. The minimum atomic E-state index is 0.778. The van der Waals surface area contributed by atoms with E-state index in [-0.39, 0.29) is 0 Å². The third kappa shape index (κ3) is 3.23. The molecular formula is C6H10N2. The molecule has 0 heterocycles. The Kier molecular flexibility index (Phi) is 3.69. The van der Waals surface area contributed by atoms with E-state index in [1.807, 2.05) is 6.19 Å². The van der Waals surface area contributed by atoms with Crippen molar-refractivity contribution in [3.8, 4) is 6.19 Å². The van der Waals surface area contributed by atoms with Crippen molar-refractivity contribution >= 4 is 0 Å². The van der Waals surface area contributed by atoms with Crippen molar-refractivity contribution in [3.63, 3.8) is 0 Å². The van der Waals surface area contributed by atoms with Crippen LogP contribution < -0.4 is 0 Å². The first kappa shape index (κ1) is 7.03. The third-order valence-electron chi connectivity index (χ3n) is 0.839. The Morgan fingerprint density at radius 2 is 2.50 bits per heavy atom. The van der Waals surface area contributed by atoms with Gasteiger partial charge < -0.3 is 4.90 Å². The van der Waals surface area contributed by atoms with Gasteiger partial charge in [0.25, 0.3) is 0 Å². The summed E-state index contributed by atoms with van der Waals surface area (Å²) in [4.78, 5) is 1.57. The van der Waals surface area contributed by atoms with Crippen molar-refractivity contribution in [2.75, 3.05) is 13.6 Å². The summed E-state index contributed by atoms with van der Waals surface area (Å²) < 4.78 is 0. The van der Waals surface area contributed by atoms with E-state index in [2.05, 4.69) is 6.58 Å². The Labute approximate surface area is 50.0 Å². The molecule has 0 saturated carbocycles. The van der Waals surface area contributed by atoms with Gasteiger partial charge in [-0.3, -0.25) is 0 Å². The van der Waals surface area contributed by atoms with Gasteiger partial charge in [-0.1, -0.05) is 6.08 Å². The minimum absolute atomic E-state index is 0.778. The fourth-order valence-electron chi connectivity index (χ4n) is 0.335. The molecule has 0 atom stereocenters. The van der Waals surface area contributed by atoms with E-state index in [1.54, 1.807) is 18.0 Å². The first-order valence-electron chi connectivity index (χ1n) is 2.53. The van der Waals surface area contributed by atoms with Crippen LogP contribution in [0.3, 0.4) is 0 Å².